The monoisotopic (exact) mass is 362 g/mol. The third kappa shape index (κ3) is 4.94. The Morgan fingerprint density at radius 3 is 2.35 bits per heavy atom. The second-order valence-electron chi connectivity index (χ2n) is 8.24. The number of likely N-dealkylation sites (tertiary alicyclic amines) is 2. The van der Waals surface area contributed by atoms with Crippen LogP contribution in [0.1, 0.15) is 18.4 Å². The van der Waals surface area contributed by atoms with Gasteiger partial charge in [-0.3, -0.25) is 4.90 Å². The van der Waals surface area contributed by atoms with Crippen molar-refractivity contribution in [3.8, 4) is 0 Å². The largest absolute Gasteiger partial charge is 0.396 e. The molecule has 0 aliphatic carbocycles. The predicted molar refractivity (Wildman–Crippen MR) is 104 cm³/mol. The summed E-state index contributed by atoms with van der Waals surface area (Å²) in [6.45, 7) is 6.73. The van der Waals surface area contributed by atoms with Gasteiger partial charge in [-0.15, -0.1) is 0 Å². The van der Waals surface area contributed by atoms with Crippen LogP contribution in [0.15, 0.2) is 18.3 Å². The lowest BCUT2D eigenvalue weighted by molar-refractivity contribution is 0.106. The molecule has 0 aromatic carbocycles. The Kier molecular flexibility index (Phi) is 6.86. The molecule has 2 aliphatic rings. The number of hydrogen-bond acceptors (Lipinski definition) is 6. The number of aliphatic hydroxyl groups excluding tert-OH is 2. The van der Waals surface area contributed by atoms with Crippen molar-refractivity contribution in [1.29, 1.82) is 0 Å². The minimum absolute atomic E-state index is 0.270. The molecular weight excluding hydrogens is 328 g/mol. The number of pyridine rings is 1. The van der Waals surface area contributed by atoms with Gasteiger partial charge in [0, 0.05) is 59.7 Å². The molecule has 0 radical (unpaired) electrons. The molecule has 6 heteroatoms. The quantitative estimate of drug-likeness (QED) is 0.751. The van der Waals surface area contributed by atoms with E-state index in [0.29, 0.717) is 24.4 Å². The van der Waals surface area contributed by atoms with E-state index in [1.165, 1.54) is 5.56 Å². The van der Waals surface area contributed by atoms with Crippen molar-refractivity contribution in [2.75, 3.05) is 64.9 Å². The topological polar surface area (TPSA) is 63.1 Å². The number of rotatable bonds is 7. The van der Waals surface area contributed by atoms with Gasteiger partial charge in [-0.05, 0) is 55.3 Å². The molecule has 0 amide bonds. The molecule has 1 aromatic heterocycles. The highest BCUT2D eigenvalue weighted by Gasteiger charge is 2.34. The molecular formula is C20H34N4O2. The summed E-state index contributed by atoms with van der Waals surface area (Å²) in [4.78, 5) is 11.5. The van der Waals surface area contributed by atoms with E-state index in [4.69, 9.17) is 0 Å². The lowest BCUT2D eigenvalue weighted by atomic mass is 9.93. The van der Waals surface area contributed by atoms with Crippen LogP contribution < -0.4 is 4.90 Å². The average Bonchev–Trinajstić information content (AvgIpc) is 3.04. The maximum absolute atomic E-state index is 9.83. The van der Waals surface area contributed by atoms with E-state index in [9.17, 15) is 10.2 Å². The number of aromatic nitrogens is 1. The molecule has 3 rings (SSSR count). The molecule has 6 nitrogen and oxygen atoms in total. The van der Waals surface area contributed by atoms with E-state index in [1.54, 1.807) is 0 Å². The second kappa shape index (κ2) is 9.13. The Bertz CT molecular complexity index is 543. The predicted octanol–water partition coefficient (Wildman–Crippen LogP) is 0.892. The normalized spacial score (nSPS) is 25.7. The molecule has 2 atom stereocenters. The van der Waals surface area contributed by atoms with Crippen LogP contribution in [0.3, 0.4) is 0 Å². The minimum atomic E-state index is 0.270. The van der Waals surface area contributed by atoms with Gasteiger partial charge in [0.1, 0.15) is 5.82 Å². The zero-order valence-corrected chi connectivity index (χ0v) is 16.2. The number of anilines is 1. The van der Waals surface area contributed by atoms with Crippen LogP contribution >= 0.6 is 0 Å². The van der Waals surface area contributed by atoms with Crippen molar-refractivity contribution < 1.29 is 10.2 Å². The van der Waals surface area contributed by atoms with E-state index >= 15 is 0 Å². The van der Waals surface area contributed by atoms with Gasteiger partial charge in [0.25, 0.3) is 0 Å². The van der Waals surface area contributed by atoms with Crippen molar-refractivity contribution in [2.24, 2.45) is 17.8 Å². The summed E-state index contributed by atoms with van der Waals surface area (Å²) >= 11 is 0. The summed E-state index contributed by atoms with van der Waals surface area (Å²) in [6, 6.07) is 4.22. The van der Waals surface area contributed by atoms with Crippen LogP contribution in [-0.2, 0) is 6.54 Å². The lowest BCUT2D eigenvalue weighted by Gasteiger charge is -2.33. The second-order valence-corrected chi connectivity index (χ2v) is 8.24. The fourth-order valence-corrected chi connectivity index (χ4v) is 4.29. The molecule has 2 N–H and O–H groups in total. The first-order chi connectivity index (χ1) is 12.6. The molecule has 0 bridgehead atoms. The average molecular weight is 363 g/mol. The Labute approximate surface area is 157 Å². The molecule has 2 aliphatic heterocycles. The first-order valence-corrected chi connectivity index (χ1v) is 9.87. The maximum Gasteiger partial charge on any atom is 0.127 e. The van der Waals surface area contributed by atoms with E-state index in [2.05, 4.69) is 26.9 Å². The number of aliphatic hydroxyl groups is 2. The molecule has 2 fully saturated rings. The number of nitrogens with zero attached hydrogens (tertiary/aromatic N) is 4. The van der Waals surface area contributed by atoms with Crippen LogP contribution in [0.2, 0.25) is 0 Å². The van der Waals surface area contributed by atoms with Gasteiger partial charge >= 0.3 is 0 Å². The standard InChI is InChI=1S/C20H34N4O2/c1-22(2)20-4-3-17(9-21-20)10-24-12-18(19(13-24)15-26)11-23-7-5-16(14-25)6-8-23/h3-4,9,16,18-19,25-26H,5-8,10-15H2,1-2H3/t18-,19-/m0/s1. The summed E-state index contributed by atoms with van der Waals surface area (Å²) in [5.74, 6) is 2.35. The van der Waals surface area contributed by atoms with Gasteiger partial charge in [0.2, 0.25) is 0 Å². The van der Waals surface area contributed by atoms with Crippen molar-refractivity contribution in [3.63, 3.8) is 0 Å². The lowest BCUT2D eigenvalue weighted by Crippen LogP contribution is -2.40. The zero-order valence-electron chi connectivity index (χ0n) is 16.2. The molecule has 26 heavy (non-hydrogen) atoms. The molecule has 0 spiro atoms. The number of piperidine rings is 1. The van der Waals surface area contributed by atoms with Crippen molar-refractivity contribution >= 4 is 5.82 Å². The maximum atomic E-state index is 9.83. The molecule has 0 unspecified atom stereocenters. The van der Waals surface area contributed by atoms with E-state index in [-0.39, 0.29) is 6.61 Å². The highest BCUT2D eigenvalue weighted by molar-refractivity contribution is 5.37. The van der Waals surface area contributed by atoms with Gasteiger partial charge in [0.05, 0.1) is 0 Å². The van der Waals surface area contributed by atoms with Crippen LogP contribution in [0.5, 0.6) is 0 Å². The first-order valence-electron chi connectivity index (χ1n) is 9.87. The van der Waals surface area contributed by atoms with Crippen LogP contribution in [0, 0.1) is 17.8 Å². The van der Waals surface area contributed by atoms with Crippen molar-refractivity contribution in [1.82, 2.24) is 14.8 Å². The third-order valence-corrected chi connectivity index (χ3v) is 6.02. The summed E-state index contributed by atoms with van der Waals surface area (Å²) in [7, 11) is 4.00. The minimum Gasteiger partial charge on any atom is -0.396 e. The Morgan fingerprint density at radius 2 is 1.77 bits per heavy atom. The van der Waals surface area contributed by atoms with Crippen LogP contribution in [0.25, 0.3) is 0 Å². The van der Waals surface area contributed by atoms with Crippen molar-refractivity contribution in [3.05, 3.63) is 23.9 Å². The van der Waals surface area contributed by atoms with Gasteiger partial charge < -0.3 is 20.0 Å². The molecule has 146 valence electrons. The van der Waals surface area contributed by atoms with E-state index in [1.807, 2.05) is 25.2 Å². The van der Waals surface area contributed by atoms with Gasteiger partial charge in [0.15, 0.2) is 0 Å². The fourth-order valence-electron chi connectivity index (χ4n) is 4.29. The van der Waals surface area contributed by atoms with Crippen molar-refractivity contribution in [2.45, 2.75) is 19.4 Å². The van der Waals surface area contributed by atoms with Crippen LogP contribution in [-0.4, -0.2) is 85.0 Å². The SMILES string of the molecule is CN(C)c1ccc(CN2C[C@@H](CO)[C@@H](CN3CCC(CO)CC3)C2)cn1. The molecule has 3 heterocycles. The Hall–Kier alpha value is -1.21. The molecule has 0 saturated carbocycles. The molecule has 2 saturated heterocycles. The first kappa shape index (κ1) is 19.5. The van der Waals surface area contributed by atoms with Crippen LogP contribution in [0.4, 0.5) is 5.82 Å². The smallest absolute Gasteiger partial charge is 0.127 e. The van der Waals surface area contributed by atoms with Gasteiger partial charge in [-0.2, -0.15) is 0 Å². The summed E-state index contributed by atoms with van der Waals surface area (Å²) < 4.78 is 0. The Morgan fingerprint density at radius 1 is 1.04 bits per heavy atom. The van der Waals surface area contributed by atoms with Gasteiger partial charge in [-0.1, -0.05) is 6.07 Å². The summed E-state index contributed by atoms with van der Waals surface area (Å²) in [5.41, 5.74) is 1.23. The Balaban J connectivity index is 1.52. The van der Waals surface area contributed by atoms with E-state index in [0.717, 1.165) is 57.9 Å². The highest BCUT2D eigenvalue weighted by atomic mass is 16.3. The zero-order chi connectivity index (χ0) is 18.5. The summed E-state index contributed by atoms with van der Waals surface area (Å²) in [6.07, 6.45) is 4.16. The number of hydrogen-bond donors (Lipinski definition) is 2. The highest BCUT2D eigenvalue weighted by Crippen LogP contribution is 2.27. The molecule has 1 aromatic rings. The third-order valence-electron chi connectivity index (χ3n) is 6.02. The van der Waals surface area contributed by atoms with Gasteiger partial charge in [-0.25, -0.2) is 4.98 Å². The van der Waals surface area contributed by atoms with E-state index < -0.39 is 0 Å². The fraction of sp³-hybridized carbons (Fsp3) is 0.750. The summed E-state index contributed by atoms with van der Waals surface area (Å²) in [5, 5.41) is 19.1.